The monoisotopic (exact) mass is 384 g/mol. The fourth-order valence-electron chi connectivity index (χ4n) is 2.92. The average molecular weight is 384 g/mol. The minimum atomic E-state index is -1.10. The number of hydrogen-bond acceptors (Lipinski definition) is 9. The molecule has 27 heavy (non-hydrogen) atoms. The lowest BCUT2D eigenvalue weighted by molar-refractivity contribution is -0.156. The summed E-state index contributed by atoms with van der Waals surface area (Å²) in [5.41, 5.74) is -1.75. The second kappa shape index (κ2) is 8.22. The molecule has 0 bridgehead atoms. The molecule has 2 rings (SSSR count). The van der Waals surface area contributed by atoms with E-state index in [1.807, 2.05) is 0 Å². The normalized spacial score (nSPS) is 22.4. The lowest BCUT2D eigenvalue weighted by Crippen LogP contribution is -2.53. The third-order valence-electron chi connectivity index (χ3n) is 4.33. The molecule has 1 saturated heterocycles. The van der Waals surface area contributed by atoms with Crippen molar-refractivity contribution in [3.8, 4) is 0 Å². The highest BCUT2D eigenvalue weighted by molar-refractivity contribution is 5.86. The van der Waals surface area contributed by atoms with Crippen molar-refractivity contribution in [1.29, 1.82) is 0 Å². The minimum absolute atomic E-state index is 0.184. The molecule has 1 amide bonds. The molecule has 1 aliphatic rings. The summed E-state index contributed by atoms with van der Waals surface area (Å²) < 4.78 is 15.6. The van der Waals surface area contributed by atoms with E-state index in [0.717, 1.165) is 0 Å². The van der Waals surface area contributed by atoms with Crippen LogP contribution in [0, 0.1) is 0 Å². The molecule has 0 saturated carbocycles. The quantitative estimate of drug-likeness (QED) is 0.552. The van der Waals surface area contributed by atoms with Crippen LogP contribution >= 0.6 is 0 Å². The van der Waals surface area contributed by atoms with E-state index >= 15 is 0 Å². The Kier molecular flexibility index (Phi) is 6.42. The van der Waals surface area contributed by atoms with Crippen LogP contribution in [0.5, 0.6) is 0 Å². The minimum Gasteiger partial charge on any atom is -0.448 e. The fourth-order valence-corrected chi connectivity index (χ4v) is 2.92. The molecule has 10 nitrogen and oxygen atoms in total. The summed E-state index contributed by atoms with van der Waals surface area (Å²) in [4.78, 5) is 30.4. The molecule has 1 unspecified atom stereocenters. The summed E-state index contributed by atoms with van der Waals surface area (Å²) in [6.45, 7) is 8.76. The molecular weight excluding hydrogens is 356 g/mol. The van der Waals surface area contributed by atoms with Gasteiger partial charge < -0.3 is 19.1 Å². The Bertz CT molecular complexity index is 642. The van der Waals surface area contributed by atoms with Crippen LogP contribution in [0.4, 0.5) is 4.79 Å². The van der Waals surface area contributed by atoms with Crippen LogP contribution in [-0.2, 0) is 14.3 Å². The van der Waals surface area contributed by atoms with E-state index in [2.05, 4.69) is 15.5 Å². The Morgan fingerprint density at radius 3 is 2.74 bits per heavy atom. The van der Waals surface area contributed by atoms with Gasteiger partial charge in [0.1, 0.15) is 23.9 Å². The summed E-state index contributed by atoms with van der Waals surface area (Å²) in [6, 6.07) is -0.682. The van der Waals surface area contributed by atoms with E-state index in [9.17, 15) is 14.7 Å². The first-order valence-electron chi connectivity index (χ1n) is 8.90. The van der Waals surface area contributed by atoms with Crippen molar-refractivity contribution in [3.05, 3.63) is 12.2 Å². The molecule has 0 aromatic carbocycles. The van der Waals surface area contributed by atoms with Gasteiger partial charge in [-0.05, 0) is 47.5 Å². The number of aliphatic hydroxyl groups is 1. The largest absolute Gasteiger partial charge is 0.448 e. The lowest BCUT2D eigenvalue weighted by atomic mass is 9.99. The van der Waals surface area contributed by atoms with Crippen molar-refractivity contribution < 1.29 is 28.7 Å². The zero-order valence-electron chi connectivity index (χ0n) is 16.4. The molecule has 1 fully saturated rings. The smallest absolute Gasteiger partial charge is 0.411 e. The van der Waals surface area contributed by atoms with Gasteiger partial charge in [-0.25, -0.2) is 9.59 Å². The topological polar surface area (TPSA) is 127 Å². The van der Waals surface area contributed by atoms with Gasteiger partial charge >= 0.3 is 12.1 Å². The van der Waals surface area contributed by atoms with Crippen LogP contribution < -0.4 is 5.32 Å². The van der Waals surface area contributed by atoms with Gasteiger partial charge in [0.05, 0.1) is 6.10 Å². The van der Waals surface area contributed by atoms with Crippen LogP contribution in [-0.4, -0.2) is 62.7 Å². The van der Waals surface area contributed by atoms with Crippen molar-refractivity contribution in [2.75, 3.05) is 13.3 Å². The van der Waals surface area contributed by atoms with Crippen molar-refractivity contribution in [2.45, 2.75) is 70.7 Å². The van der Waals surface area contributed by atoms with E-state index in [0.29, 0.717) is 19.4 Å². The van der Waals surface area contributed by atoms with Gasteiger partial charge in [0.2, 0.25) is 5.89 Å². The third-order valence-corrected chi connectivity index (χ3v) is 4.33. The zero-order chi connectivity index (χ0) is 20.2. The number of likely N-dealkylation sites (tertiary alicyclic amines) is 1. The maximum Gasteiger partial charge on any atom is 0.411 e. The second-order valence-corrected chi connectivity index (χ2v) is 7.79. The van der Waals surface area contributed by atoms with Gasteiger partial charge in [0, 0.05) is 6.54 Å². The molecule has 2 heterocycles. The summed E-state index contributed by atoms with van der Waals surface area (Å²) in [5.74, 6) is -0.364. The molecule has 2 N–H and O–H groups in total. The van der Waals surface area contributed by atoms with Crippen molar-refractivity contribution in [3.63, 3.8) is 0 Å². The molecule has 3 atom stereocenters. The molecule has 0 spiro atoms. The number of amides is 1. The van der Waals surface area contributed by atoms with Gasteiger partial charge in [0.25, 0.3) is 0 Å². The molecule has 152 valence electrons. The van der Waals surface area contributed by atoms with Gasteiger partial charge in [0.15, 0.2) is 6.33 Å². The summed E-state index contributed by atoms with van der Waals surface area (Å²) in [5, 5.41) is 16.2. The standard InChI is InChI=1S/C17H28N4O6/c1-11(22)12(13-18-9-20-27-13)19-10-25-14(23)17(5)7-6-8-21(17)15(24)26-16(2,3)4/h9,11-12,19,22H,6-8,10H2,1-5H3/t11-,12+,17?/m1/s1. The number of hydrogen-bond donors (Lipinski definition) is 2. The predicted molar refractivity (Wildman–Crippen MR) is 93.4 cm³/mol. The first-order chi connectivity index (χ1) is 12.5. The zero-order valence-corrected chi connectivity index (χ0v) is 16.4. The lowest BCUT2D eigenvalue weighted by Gasteiger charge is -2.34. The van der Waals surface area contributed by atoms with E-state index in [4.69, 9.17) is 14.0 Å². The first-order valence-corrected chi connectivity index (χ1v) is 8.90. The van der Waals surface area contributed by atoms with Crippen LogP contribution in [0.3, 0.4) is 0 Å². The first kappa shape index (κ1) is 21.1. The number of nitrogens with one attached hydrogen (secondary N) is 1. The number of carbonyl (C=O) groups excluding carboxylic acids is 2. The van der Waals surface area contributed by atoms with Crippen molar-refractivity contribution >= 4 is 12.1 Å². The maximum atomic E-state index is 12.7. The number of ether oxygens (including phenoxy) is 2. The van der Waals surface area contributed by atoms with Crippen LogP contribution in [0.15, 0.2) is 10.9 Å². The third kappa shape index (κ3) is 5.16. The average Bonchev–Trinajstić information content (AvgIpc) is 3.19. The van der Waals surface area contributed by atoms with Crippen LogP contribution in [0.2, 0.25) is 0 Å². The highest BCUT2D eigenvalue weighted by Crippen LogP contribution is 2.31. The van der Waals surface area contributed by atoms with Crippen molar-refractivity contribution in [1.82, 2.24) is 20.4 Å². The van der Waals surface area contributed by atoms with Crippen LogP contribution in [0.25, 0.3) is 0 Å². The van der Waals surface area contributed by atoms with Crippen molar-refractivity contribution in [2.24, 2.45) is 0 Å². The molecular formula is C17H28N4O6. The highest BCUT2D eigenvalue weighted by Gasteiger charge is 2.48. The molecule has 10 heteroatoms. The number of nitrogens with zero attached hydrogens (tertiary/aromatic N) is 3. The molecule has 0 aliphatic carbocycles. The van der Waals surface area contributed by atoms with E-state index in [1.165, 1.54) is 11.2 Å². The van der Waals surface area contributed by atoms with E-state index in [-0.39, 0.29) is 12.6 Å². The fraction of sp³-hybridized carbons (Fsp3) is 0.765. The molecule has 1 aromatic heterocycles. The second-order valence-electron chi connectivity index (χ2n) is 7.79. The Balaban J connectivity index is 1.96. The number of aliphatic hydroxyl groups excluding tert-OH is 1. The summed E-state index contributed by atoms with van der Waals surface area (Å²) in [7, 11) is 0. The number of rotatable bonds is 6. The van der Waals surface area contributed by atoms with Gasteiger partial charge in [-0.15, -0.1) is 0 Å². The van der Waals surface area contributed by atoms with Gasteiger partial charge in [-0.1, -0.05) is 5.16 Å². The highest BCUT2D eigenvalue weighted by atomic mass is 16.6. The van der Waals surface area contributed by atoms with E-state index < -0.39 is 35.3 Å². The number of esters is 1. The Hall–Kier alpha value is -2.20. The number of carbonyl (C=O) groups is 2. The van der Waals surface area contributed by atoms with E-state index in [1.54, 1.807) is 34.6 Å². The SMILES string of the molecule is C[C@@H](O)[C@H](NCOC(=O)C1(C)CCCN1C(=O)OC(C)(C)C)c1ncno1. The van der Waals surface area contributed by atoms with Crippen LogP contribution in [0.1, 0.15) is 59.4 Å². The Labute approximate surface area is 158 Å². The Morgan fingerprint density at radius 1 is 1.48 bits per heavy atom. The molecule has 1 aromatic rings. The maximum absolute atomic E-state index is 12.7. The molecule has 0 radical (unpaired) electrons. The number of aromatic nitrogens is 2. The van der Waals surface area contributed by atoms with Gasteiger partial charge in [-0.2, -0.15) is 4.98 Å². The predicted octanol–water partition coefficient (Wildman–Crippen LogP) is 1.37. The summed E-state index contributed by atoms with van der Waals surface area (Å²) >= 11 is 0. The molecule has 1 aliphatic heterocycles. The Morgan fingerprint density at radius 2 is 2.19 bits per heavy atom. The van der Waals surface area contributed by atoms with Gasteiger partial charge in [-0.3, -0.25) is 10.2 Å². The summed E-state index contributed by atoms with van der Waals surface area (Å²) in [6.07, 6.45) is 0.992.